The molecule has 0 aromatic heterocycles. The highest BCUT2D eigenvalue weighted by Gasteiger charge is 2.36. The number of amides is 1. The van der Waals surface area contributed by atoms with Gasteiger partial charge in [-0.05, 0) is 23.6 Å². The van der Waals surface area contributed by atoms with Crippen LogP contribution in [0.5, 0.6) is 0 Å². The number of aliphatic hydroxyl groups is 1. The number of hydrogen-bond acceptors (Lipinski definition) is 3. The number of allylic oxidation sites excluding steroid dienone is 1. The van der Waals surface area contributed by atoms with Gasteiger partial charge in [-0.15, -0.1) is 0 Å². The fourth-order valence-corrected chi connectivity index (χ4v) is 3.12. The standard InChI is InChI=1S/C21H23NO3/c1-21(2,17-11-7-4-8-12-17)14-19(23)22-18(15-25-20(22)24)13-16-9-5-3-6-10-16/h3-12,14,18,23H,13,15H2,1-2H3/b19-14-/t18-/m0/s1. The van der Waals surface area contributed by atoms with Crippen molar-refractivity contribution in [2.24, 2.45) is 0 Å². The molecule has 3 rings (SSSR count). The number of carbonyl (C=O) groups is 1. The van der Waals surface area contributed by atoms with Gasteiger partial charge in [-0.1, -0.05) is 74.5 Å². The molecule has 1 saturated heterocycles. The molecule has 1 aliphatic rings. The molecule has 2 aromatic rings. The highest BCUT2D eigenvalue weighted by Crippen LogP contribution is 2.28. The predicted molar refractivity (Wildman–Crippen MR) is 97.3 cm³/mol. The van der Waals surface area contributed by atoms with Crippen molar-refractivity contribution < 1.29 is 14.6 Å². The summed E-state index contributed by atoms with van der Waals surface area (Å²) in [4.78, 5) is 13.5. The summed E-state index contributed by atoms with van der Waals surface area (Å²) in [6.45, 7) is 4.29. The van der Waals surface area contributed by atoms with E-state index >= 15 is 0 Å². The lowest BCUT2D eigenvalue weighted by molar-refractivity contribution is 0.148. The Hall–Kier alpha value is -2.75. The van der Waals surface area contributed by atoms with Gasteiger partial charge in [0.05, 0.1) is 6.04 Å². The van der Waals surface area contributed by atoms with Crippen LogP contribution in [-0.4, -0.2) is 28.7 Å². The molecule has 0 bridgehead atoms. The summed E-state index contributed by atoms with van der Waals surface area (Å²) in [5.74, 6) is -0.0581. The fourth-order valence-electron chi connectivity index (χ4n) is 3.12. The number of cyclic esters (lactones) is 1. The molecule has 1 aliphatic heterocycles. The zero-order valence-corrected chi connectivity index (χ0v) is 14.6. The number of aliphatic hydroxyl groups excluding tert-OH is 1. The smallest absolute Gasteiger partial charge is 0.417 e. The van der Waals surface area contributed by atoms with E-state index in [1.165, 1.54) is 4.90 Å². The maximum atomic E-state index is 12.1. The number of ether oxygens (including phenoxy) is 1. The zero-order chi connectivity index (χ0) is 17.9. The molecule has 0 unspecified atom stereocenters. The van der Waals surface area contributed by atoms with Crippen molar-refractivity contribution in [3.05, 3.63) is 83.7 Å². The van der Waals surface area contributed by atoms with Crippen molar-refractivity contribution in [2.75, 3.05) is 6.61 Å². The second-order valence-electron chi connectivity index (χ2n) is 6.88. The van der Waals surface area contributed by atoms with Crippen LogP contribution in [0.3, 0.4) is 0 Å². The van der Waals surface area contributed by atoms with Gasteiger partial charge in [0.15, 0.2) is 5.88 Å². The van der Waals surface area contributed by atoms with Crippen molar-refractivity contribution >= 4 is 6.09 Å². The van der Waals surface area contributed by atoms with Gasteiger partial charge in [0.1, 0.15) is 6.61 Å². The molecule has 0 aliphatic carbocycles. The Morgan fingerprint density at radius 3 is 2.40 bits per heavy atom. The van der Waals surface area contributed by atoms with E-state index in [-0.39, 0.29) is 18.5 Å². The summed E-state index contributed by atoms with van der Waals surface area (Å²) in [6, 6.07) is 19.6. The van der Waals surface area contributed by atoms with Gasteiger partial charge >= 0.3 is 6.09 Å². The first-order chi connectivity index (χ1) is 12.0. The third-order valence-electron chi connectivity index (χ3n) is 4.53. The van der Waals surface area contributed by atoms with Crippen molar-refractivity contribution in [3.63, 3.8) is 0 Å². The average molecular weight is 337 g/mol. The highest BCUT2D eigenvalue weighted by molar-refractivity contribution is 5.72. The van der Waals surface area contributed by atoms with E-state index < -0.39 is 11.5 Å². The molecule has 4 heteroatoms. The van der Waals surface area contributed by atoms with Crippen LogP contribution in [0.15, 0.2) is 72.6 Å². The first-order valence-electron chi connectivity index (χ1n) is 8.44. The zero-order valence-electron chi connectivity index (χ0n) is 14.6. The van der Waals surface area contributed by atoms with Gasteiger partial charge in [-0.3, -0.25) is 0 Å². The number of rotatable bonds is 5. The SMILES string of the molecule is CC(C)(/C=C(\O)N1C(=O)OC[C@@H]1Cc1ccccc1)c1ccccc1. The fraction of sp³-hybridized carbons (Fsp3) is 0.286. The summed E-state index contributed by atoms with van der Waals surface area (Å²) < 4.78 is 5.18. The minimum Gasteiger partial charge on any atom is -0.494 e. The van der Waals surface area contributed by atoms with Crippen molar-refractivity contribution in [3.8, 4) is 0 Å². The van der Waals surface area contributed by atoms with Gasteiger partial charge in [0.2, 0.25) is 0 Å². The molecule has 0 saturated carbocycles. The molecule has 4 nitrogen and oxygen atoms in total. The molecular weight excluding hydrogens is 314 g/mol. The van der Waals surface area contributed by atoms with Gasteiger partial charge in [-0.2, -0.15) is 0 Å². The summed E-state index contributed by atoms with van der Waals surface area (Å²) in [6.07, 6.45) is 1.85. The van der Waals surface area contributed by atoms with Crippen LogP contribution in [0.1, 0.15) is 25.0 Å². The van der Waals surface area contributed by atoms with E-state index in [0.717, 1.165) is 11.1 Å². The van der Waals surface area contributed by atoms with Crippen LogP contribution >= 0.6 is 0 Å². The summed E-state index contributed by atoms with van der Waals surface area (Å²) in [5, 5.41) is 10.7. The van der Waals surface area contributed by atoms with Crippen LogP contribution in [0.4, 0.5) is 4.79 Å². The second kappa shape index (κ2) is 7.01. The molecule has 0 radical (unpaired) electrons. The second-order valence-corrected chi connectivity index (χ2v) is 6.88. The Bertz CT molecular complexity index is 753. The van der Waals surface area contributed by atoms with E-state index in [2.05, 4.69) is 0 Å². The van der Waals surface area contributed by atoms with Gasteiger partial charge in [0.25, 0.3) is 0 Å². The Kier molecular flexibility index (Phi) is 4.79. The van der Waals surface area contributed by atoms with Crippen molar-refractivity contribution in [2.45, 2.75) is 31.7 Å². The lowest BCUT2D eigenvalue weighted by Crippen LogP contribution is -2.35. The normalized spacial score (nSPS) is 18.3. The summed E-state index contributed by atoms with van der Waals surface area (Å²) in [5.41, 5.74) is 1.76. The van der Waals surface area contributed by atoms with Crippen LogP contribution in [0, 0.1) is 0 Å². The minimum absolute atomic E-state index is 0.0581. The third-order valence-corrected chi connectivity index (χ3v) is 4.53. The van der Waals surface area contributed by atoms with Crippen molar-refractivity contribution in [1.82, 2.24) is 4.90 Å². The highest BCUT2D eigenvalue weighted by atomic mass is 16.6. The Morgan fingerprint density at radius 2 is 1.76 bits per heavy atom. The molecule has 1 atom stereocenters. The average Bonchev–Trinajstić information content (AvgIpc) is 2.96. The van der Waals surface area contributed by atoms with Crippen LogP contribution < -0.4 is 0 Å². The largest absolute Gasteiger partial charge is 0.494 e. The quantitative estimate of drug-likeness (QED) is 0.821. The molecule has 1 fully saturated rings. The molecule has 130 valence electrons. The van der Waals surface area contributed by atoms with Gasteiger partial charge in [-0.25, -0.2) is 9.69 Å². The number of hydrogen-bond donors (Lipinski definition) is 1. The lowest BCUT2D eigenvalue weighted by atomic mass is 9.84. The first kappa shape index (κ1) is 17.1. The maximum Gasteiger partial charge on any atom is 0.417 e. The van der Waals surface area contributed by atoms with Crippen LogP contribution in [0.2, 0.25) is 0 Å². The lowest BCUT2D eigenvalue weighted by Gasteiger charge is -2.25. The van der Waals surface area contributed by atoms with Crippen LogP contribution in [-0.2, 0) is 16.6 Å². The molecule has 25 heavy (non-hydrogen) atoms. The number of nitrogens with zero attached hydrogens (tertiary/aromatic N) is 1. The molecule has 1 N–H and O–H groups in total. The van der Waals surface area contributed by atoms with Crippen LogP contribution in [0.25, 0.3) is 0 Å². The minimum atomic E-state index is -0.501. The maximum absolute atomic E-state index is 12.1. The van der Waals surface area contributed by atoms with Crippen molar-refractivity contribution in [1.29, 1.82) is 0 Å². The molecule has 2 aromatic carbocycles. The predicted octanol–water partition coefficient (Wildman–Crippen LogP) is 4.43. The first-order valence-corrected chi connectivity index (χ1v) is 8.44. The van der Waals surface area contributed by atoms with Gasteiger partial charge < -0.3 is 9.84 Å². The number of benzene rings is 2. The summed E-state index contributed by atoms with van der Waals surface area (Å²) >= 11 is 0. The Morgan fingerprint density at radius 1 is 1.16 bits per heavy atom. The van der Waals surface area contributed by atoms with E-state index in [4.69, 9.17) is 4.74 Å². The van der Waals surface area contributed by atoms with Gasteiger partial charge in [0, 0.05) is 5.41 Å². The Balaban J connectivity index is 1.83. The number of carbonyl (C=O) groups excluding carboxylic acids is 1. The molecular formula is C21H23NO3. The molecule has 1 amide bonds. The molecule has 1 heterocycles. The van der Waals surface area contributed by atoms with E-state index in [9.17, 15) is 9.90 Å². The monoisotopic (exact) mass is 337 g/mol. The van der Waals surface area contributed by atoms with E-state index in [0.29, 0.717) is 6.42 Å². The molecule has 0 spiro atoms. The van der Waals surface area contributed by atoms with E-state index in [1.807, 2.05) is 74.5 Å². The third kappa shape index (κ3) is 3.85. The van der Waals surface area contributed by atoms with E-state index in [1.54, 1.807) is 6.08 Å². The topological polar surface area (TPSA) is 49.8 Å². The summed E-state index contributed by atoms with van der Waals surface area (Å²) in [7, 11) is 0. The Labute approximate surface area is 148 Å².